The number of hydrogen-bond donors (Lipinski definition) is 1. The fraction of sp³-hybridized carbons (Fsp3) is 0.529. The maximum Gasteiger partial charge on any atom is 0.309 e. The second kappa shape index (κ2) is 7.30. The molecule has 2 aliphatic carbocycles. The normalized spacial score (nSPS) is 25.9. The van der Waals surface area contributed by atoms with E-state index in [4.69, 9.17) is 16.3 Å². The molecule has 0 aromatic carbocycles. The number of amides is 1. The molecule has 2 aliphatic rings. The van der Waals surface area contributed by atoms with Crippen molar-refractivity contribution < 1.29 is 19.1 Å². The minimum atomic E-state index is -0.453. The van der Waals surface area contributed by atoms with Crippen LogP contribution in [0.15, 0.2) is 18.3 Å². The van der Waals surface area contributed by atoms with Crippen LogP contribution in [0.25, 0.3) is 0 Å². The first-order chi connectivity index (χ1) is 11.5. The van der Waals surface area contributed by atoms with Crippen LogP contribution in [0.3, 0.4) is 0 Å². The highest BCUT2D eigenvalue weighted by Gasteiger charge is 2.41. The molecule has 2 bridgehead atoms. The molecule has 0 saturated heterocycles. The Bertz CT molecular complexity index is 630. The van der Waals surface area contributed by atoms with E-state index in [0.29, 0.717) is 29.5 Å². The van der Waals surface area contributed by atoms with E-state index in [2.05, 4.69) is 10.3 Å². The van der Waals surface area contributed by atoms with Crippen LogP contribution < -0.4 is 5.32 Å². The van der Waals surface area contributed by atoms with Gasteiger partial charge in [0.2, 0.25) is 0 Å². The minimum Gasteiger partial charge on any atom is -0.455 e. The van der Waals surface area contributed by atoms with E-state index in [9.17, 15) is 14.4 Å². The number of anilines is 1. The van der Waals surface area contributed by atoms with E-state index in [0.717, 1.165) is 19.3 Å². The third kappa shape index (κ3) is 3.93. The van der Waals surface area contributed by atoms with Gasteiger partial charge in [0, 0.05) is 18.0 Å². The van der Waals surface area contributed by atoms with Gasteiger partial charge in [0.1, 0.15) is 11.6 Å². The average Bonchev–Trinajstić information content (AvgIpc) is 2.54. The molecule has 0 aliphatic heterocycles. The largest absolute Gasteiger partial charge is 0.455 e. The fourth-order valence-electron chi connectivity index (χ4n) is 3.56. The number of halogens is 1. The molecule has 128 valence electrons. The fourth-order valence-corrected chi connectivity index (χ4v) is 3.67. The molecule has 2 fully saturated rings. The van der Waals surface area contributed by atoms with Crippen molar-refractivity contribution in [3.05, 3.63) is 23.4 Å². The van der Waals surface area contributed by atoms with E-state index >= 15 is 0 Å². The van der Waals surface area contributed by atoms with Crippen molar-refractivity contribution >= 4 is 35.1 Å². The zero-order valence-electron chi connectivity index (χ0n) is 13.2. The van der Waals surface area contributed by atoms with Crippen molar-refractivity contribution in [2.75, 3.05) is 11.9 Å². The second-order valence-electron chi connectivity index (χ2n) is 6.41. The van der Waals surface area contributed by atoms with Crippen LogP contribution in [-0.4, -0.2) is 29.3 Å². The van der Waals surface area contributed by atoms with Crippen LogP contribution in [0.2, 0.25) is 5.02 Å². The number of Topliss-reactive ketones (excluding diaryl/α,β-unsaturated/α-hetero) is 1. The van der Waals surface area contributed by atoms with Crippen LogP contribution >= 0.6 is 11.6 Å². The molecule has 0 spiro atoms. The van der Waals surface area contributed by atoms with Crippen LogP contribution in [-0.2, 0) is 19.1 Å². The van der Waals surface area contributed by atoms with Gasteiger partial charge in [0.25, 0.3) is 5.91 Å². The van der Waals surface area contributed by atoms with Gasteiger partial charge in [-0.15, -0.1) is 0 Å². The molecule has 2 unspecified atom stereocenters. The summed E-state index contributed by atoms with van der Waals surface area (Å²) in [6, 6.07) is 3.17. The van der Waals surface area contributed by atoms with Gasteiger partial charge in [-0.1, -0.05) is 18.0 Å². The maximum atomic E-state index is 12.2. The topological polar surface area (TPSA) is 85.4 Å². The number of hydrogen-bond acceptors (Lipinski definition) is 5. The highest BCUT2D eigenvalue weighted by Crippen LogP contribution is 2.40. The molecule has 2 atom stereocenters. The van der Waals surface area contributed by atoms with E-state index in [1.54, 1.807) is 12.1 Å². The lowest BCUT2D eigenvalue weighted by molar-refractivity contribution is -0.155. The molecule has 0 radical (unpaired) electrons. The summed E-state index contributed by atoms with van der Waals surface area (Å²) < 4.78 is 5.12. The van der Waals surface area contributed by atoms with Crippen molar-refractivity contribution in [2.24, 2.45) is 17.8 Å². The monoisotopic (exact) mass is 350 g/mol. The summed E-state index contributed by atoms with van der Waals surface area (Å²) in [7, 11) is 0. The molecular formula is C17H19ClN2O4. The van der Waals surface area contributed by atoms with Gasteiger partial charge in [0.15, 0.2) is 6.61 Å². The van der Waals surface area contributed by atoms with Gasteiger partial charge in [-0.05, 0) is 37.8 Å². The first-order valence-electron chi connectivity index (χ1n) is 8.14. The number of fused-ring (bicyclic) bond motifs is 2. The predicted molar refractivity (Wildman–Crippen MR) is 87.4 cm³/mol. The molecule has 7 heteroatoms. The van der Waals surface area contributed by atoms with Crippen LogP contribution in [0.5, 0.6) is 0 Å². The average molecular weight is 351 g/mol. The Balaban J connectivity index is 1.47. The number of esters is 1. The number of carbonyl (C=O) groups is 3. The van der Waals surface area contributed by atoms with Crippen molar-refractivity contribution in [1.29, 1.82) is 0 Å². The Kier molecular flexibility index (Phi) is 5.14. The van der Waals surface area contributed by atoms with Crippen molar-refractivity contribution in [2.45, 2.75) is 32.1 Å². The van der Waals surface area contributed by atoms with Crippen LogP contribution in [0.4, 0.5) is 5.82 Å². The number of aromatic nitrogens is 1. The molecule has 6 nitrogen and oxygen atoms in total. The number of rotatable bonds is 4. The molecular weight excluding hydrogens is 332 g/mol. The summed E-state index contributed by atoms with van der Waals surface area (Å²) in [6.07, 6.45) is 5.30. The molecule has 1 aromatic rings. The first-order valence-corrected chi connectivity index (χ1v) is 8.52. The van der Waals surface area contributed by atoms with E-state index in [1.165, 1.54) is 6.20 Å². The van der Waals surface area contributed by atoms with Crippen LogP contribution in [0.1, 0.15) is 32.1 Å². The van der Waals surface area contributed by atoms with E-state index in [1.807, 2.05) is 0 Å². The van der Waals surface area contributed by atoms with Gasteiger partial charge in [-0.3, -0.25) is 14.4 Å². The smallest absolute Gasteiger partial charge is 0.309 e. The molecule has 1 N–H and O–H groups in total. The number of nitrogens with one attached hydrogen (secondary N) is 1. The lowest BCUT2D eigenvalue weighted by Gasteiger charge is -2.36. The Morgan fingerprint density at radius 1 is 1.25 bits per heavy atom. The summed E-state index contributed by atoms with van der Waals surface area (Å²) in [6.45, 7) is -0.358. The number of carbonyl (C=O) groups excluding carboxylic acids is 3. The molecule has 1 aromatic heterocycles. The highest BCUT2D eigenvalue weighted by atomic mass is 35.5. The Morgan fingerprint density at radius 2 is 1.96 bits per heavy atom. The zero-order chi connectivity index (χ0) is 17.1. The third-order valence-corrected chi connectivity index (χ3v) is 4.95. The SMILES string of the molecule is O=C(COC(=O)C1CC2CCCC(C1)C2=O)Nc1ccc(Cl)cn1. The van der Waals surface area contributed by atoms with Crippen molar-refractivity contribution in [3.8, 4) is 0 Å². The lowest BCUT2D eigenvalue weighted by Crippen LogP contribution is -2.40. The Labute approximate surface area is 144 Å². The number of pyridine rings is 1. The Morgan fingerprint density at radius 3 is 2.58 bits per heavy atom. The summed E-state index contributed by atoms with van der Waals surface area (Å²) in [5, 5.41) is 3.00. The second-order valence-corrected chi connectivity index (χ2v) is 6.85. The molecule has 3 rings (SSSR count). The van der Waals surface area contributed by atoms with E-state index < -0.39 is 11.9 Å². The molecule has 2 saturated carbocycles. The van der Waals surface area contributed by atoms with Gasteiger partial charge < -0.3 is 10.1 Å². The summed E-state index contributed by atoms with van der Waals surface area (Å²) in [5.74, 6) is -0.497. The quantitative estimate of drug-likeness (QED) is 0.844. The van der Waals surface area contributed by atoms with Crippen molar-refractivity contribution in [3.63, 3.8) is 0 Å². The van der Waals surface area contributed by atoms with Gasteiger partial charge in [-0.2, -0.15) is 0 Å². The number of ether oxygens (including phenoxy) is 1. The van der Waals surface area contributed by atoms with Gasteiger partial charge >= 0.3 is 5.97 Å². The summed E-state index contributed by atoms with van der Waals surface area (Å²) >= 11 is 5.72. The van der Waals surface area contributed by atoms with Crippen LogP contribution in [0, 0.1) is 17.8 Å². The number of ketones is 1. The maximum absolute atomic E-state index is 12.2. The Hall–Kier alpha value is -1.95. The third-order valence-electron chi connectivity index (χ3n) is 4.72. The highest BCUT2D eigenvalue weighted by molar-refractivity contribution is 6.30. The minimum absolute atomic E-state index is 0.0119. The predicted octanol–water partition coefficient (Wildman–Crippen LogP) is 2.61. The van der Waals surface area contributed by atoms with Gasteiger partial charge in [0.05, 0.1) is 10.9 Å². The standard InChI is InChI=1S/C17H19ClN2O4/c18-13-4-5-14(19-8-13)20-15(21)9-24-17(23)12-6-10-2-1-3-11(7-12)16(10)22/h4-5,8,10-12H,1-3,6-7,9H2,(H,19,20,21). The zero-order valence-corrected chi connectivity index (χ0v) is 13.9. The number of nitrogens with zero attached hydrogens (tertiary/aromatic N) is 1. The summed E-state index contributed by atoms with van der Waals surface area (Å²) in [5.41, 5.74) is 0. The summed E-state index contributed by atoms with van der Waals surface area (Å²) in [4.78, 5) is 40.0. The molecule has 24 heavy (non-hydrogen) atoms. The van der Waals surface area contributed by atoms with Crippen molar-refractivity contribution in [1.82, 2.24) is 4.98 Å². The lowest BCUT2D eigenvalue weighted by atomic mass is 9.67. The van der Waals surface area contributed by atoms with Gasteiger partial charge in [-0.25, -0.2) is 4.98 Å². The van der Waals surface area contributed by atoms with E-state index in [-0.39, 0.29) is 24.4 Å². The molecule has 1 heterocycles. The first kappa shape index (κ1) is 16.9. The molecule has 1 amide bonds.